The molecule has 0 unspecified atom stereocenters. The van der Waals surface area contributed by atoms with Gasteiger partial charge in [-0.05, 0) is 99.3 Å². The van der Waals surface area contributed by atoms with Crippen LogP contribution in [-0.2, 0) is 0 Å². The number of fused-ring (bicyclic) bond motifs is 6. The fraction of sp³-hybridized carbons (Fsp3) is 0. The van der Waals surface area contributed by atoms with Gasteiger partial charge in [0.05, 0.1) is 38.4 Å². The molecule has 0 saturated carbocycles. The van der Waals surface area contributed by atoms with Crippen molar-refractivity contribution in [2.45, 2.75) is 0 Å². The first-order chi connectivity index (χ1) is 33.5. The molecule has 0 atom stereocenters. The molecule has 9 aromatic rings. The van der Waals surface area contributed by atoms with Gasteiger partial charge in [-0.1, -0.05) is 157 Å². The predicted octanol–water partition coefficient (Wildman–Crippen LogP) is 12.5. The lowest BCUT2D eigenvalue weighted by Crippen LogP contribution is -1.91. The van der Waals surface area contributed by atoms with Crippen molar-refractivity contribution in [1.29, 1.82) is 0 Å². The second-order valence-electron chi connectivity index (χ2n) is 9.50. The Morgan fingerprint density at radius 3 is 1.34 bits per heavy atom. The molecule has 0 saturated heterocycles. The van der Waals surface area contributed by atoms with E-state index in [-0.39, 0.29) is 0 Å². The van der Waals surface area contributed by atoms with E-state index < -0.39 is 256 Å². The third-order valence-corrected chi connectivity index (χ3v) is 7.12. The molecule has 44 heavy (non-hydrogen) atoms. The van der Waals surface area contributed by atoms with Gasteiger partial charge in [-0.25, -0.2) is 0 Å². The molecule has 0 aliphatic rings. The van der Waals surface area contributed by atoms with Crippen LogP contribution < -0.4 is 0 Å². The first-order valence-corrected chi connectivity index (χ1v) is 13.0. The first kappa shape index (κ1) is 9.64. The van der Waals surface area contributed by atoms with Crippen LogP contribution in [0.25, 0.3) is 87.2 Å². The fourth-order valence-electron chi connectivity index (χ4n) is 5.25. The van der Waals surface area contributed by atoms with E-state index in [0.29, 0.717) is 0 Å². The van der Waals surface area contributed by atoms with Crippen molar-refractivity contribution in [3.05, 3.63) is 169 Å². The van der Waals surface area contributed by atoms with E-state index in [9.17, 15) is 15.1 Å². The summed E-state index contributed by atoms with van der Waals surface area (Å²) >= 11 is 0. The highest BCUT2D eigenvalue weighted by Crippen LogP contribution is 2.44. The number of benzene rings is 9. The maximum Gasteiger partial charge on any atom is 0.0636 e. The van der Waals surface area contributed by atoms with Gasteiger partial charge >= 0.3 is 0 Å². The molecule has 0 radical (unpaired) electrons. The summed E-state index contributed by atoms with van der Waals surface area (Å²) in [5.74, 6) is 0. The van der Waals surface area contributed by atoms with Gasteiger partial charge in [0.1, 0.15) is 0 Å². The first-order valence-electron chi connectivity index (χ1n) is 27.0. The van der Waals surface area contributed by atoms with Crippen LogP contribution in [0.2, 0.25) is 0 Å². The number of hydrogen-bond donors (Lipinski definition) is 0. The average molecular weight is 585 g/mol. The van der Waals surface area contributed by atoms with Gasteiger partial charge in [-0.3, -0.25) is 0 Å². The molecule has 0 aromatic heterocycles. The summed E-state index contributed by atoms with van der Waals surface area (Å²) in [7, 11) is 0. The molecule has 0 heterocycles. The molecular weight excluding hydrogens is 528 g/mol. The Labute approximate surface area is 295 Å². The van der Waals surface area contributed by atoms with Crippen molar-refractivity contribution in [2.75, 3.05) is 0 Å². The SMILES string of the molecule is [2H]c1c([2H])c(-c2c([2H])c3c([2H])c([2H])c([2H])c([2H])c3c3c([2H])c([2H])c([2H])c([2H])c23)c([2H])c([2H])c1-c1c2c([2H])c([2H])c([2H])c([2H])c2c(-c2c([2H])c([2H])c3c([2H])c([2H])c([2H])c([2H])c3c2[2H])c2c([2H])c([2H])c([2H])c([2H])c12. The Balaban J connectivity index is 1.57. The van der Waals surface area contributed by atoms with Crippen molar-refractivity contribution in [3.63, 3.8) is 0 Å². The Morgan fingerprint density at radius 1 is 0.273 bits per heavy atom. The summed E-state index contributed by atoms with van der Waals surface area (Å²) < 4.78 is 251. The Hall–Kier alpha value is -5.72. The zero-order chi connectivity index (χ0) is 53.4. The fourth-order valence-corrected chi connectivity index (χ4v) is 5.25. The maximum absolute atomic E-state index is 9.62. The minimum atomic E-state index is -1.12. The van der Waals surface area contributed by atoms with Gasteiger partial charge in [0.15, 0.2) is 0 Å². The molecule has 0 aliphatic heterocycles. The summed E-state index contributed by atoms with van der Waals surface area (Å²) in [6.45, 7) is 0. The van der Waals surface area contributed by atoms with E-state index in [2.05, 4.69) is 0 Å². The summed E-state index contributed by atoms with van der Waals surface area (Å²) in [4.78, 5) is 0. The average Bonchev–Trinajstić information content (AvgIpc) is 3.34. The van der Waals surface area contributed by atoms with Crippen LogP contribution in [0.1, 0.15) is 38.4 Å². The monoisotopic (exact) mass is 584 g/mol. The minimum Gasteiger partial charge on any atom is -0.0616 e. The highest BCUT2D eigenvalue weighted by Gasteiger charge is 2.17. The molecule has 0 nitrogen and oxygen atoms in total. The van der Waals surface area contributed by atoms with Gasteiger partial charge in [0, 0.05) is 0 Å². The molecule has 0 bridgehead atoms. The van der Waals surface area contributed by atoms with Crippen molar-refractivity contribution in [3.8, 4) is 33.4 Å². The molecule has 0 spiro atoms. The predicted molar refractivity (Wildman–Crippen MR) is 190 cm³/mol. The smallest absolute Gasteiger partial charge is 0.0616 e. The van der Waals surface area contributed by atoms with Gasteiger partial charge in [-0.15, -0.1) is 0 Å². The van der Waals surface area contributed by atoms with Gasteiger partial charge < -0.3 is 0 Å². The quantitative estimate of drug-likeness (QED) is 0.143. The van der Waals surface area contributed by atoms with Gasteiger partial charge in [-0.2, -0.15) is 0 Å². The highest BCUT2D eigenvalue weighted by atomic mass is 14.2. The third-order valence-electron chi connectivity index (χ3n) is 7.12. The highest BCUT2D eigenvalue weighted by molar-refractivity contribution is 6.22. The van der Waals surface area contributed by atoms with Gasteiger partial charge in [0.25, 0.3) is 0 Å². The largest absolute Gasteiger partial charge is 0.0636 e. The summed E-state index contributed by atoms with van der Waals surface area (Å²) in [6.07, 6.45) is 0. The van der Waals surface area contributed by atoms with E-state index >= 15 is 0 Å². The summed E-state index contributed by atoms with van der Waals surface area (Å²) in [5, 5.41) is -6.53. The second-order valence-corrected chi connectivity index (χ2v) is 9.50. The number of rotatable bonds is 3. The van der Waals surface area contributed by atoms with Crippen molar-refractivity contribution in [1.82, 2.24) is 0 Å². The summed E-state index contributed by atoms with van der Waals surface area (Å²) in [6, 6.07) is -26.3. The van der Waals surface area contributed by atoms with E-state index in [1.807, 2.05) is 0 Å². The zero-order valence-corrected chi connectivity index (χ0v) is 22.0. The van der Waals surface area contributed by atoms with Crippen LogP contribution in [0.4, 0.5) is 0 Å². The van der Waals surface area contributed by atoms with Gasteiger partial charge in [0.2, 0.25) is 0 Å². The van der Waals surface area contributed by atoms with Crippen molar-refractivity contribution < 1.29 is 38.4 Å². The van der Waals surface area contributed by atoms with E-state index in [0.717, 1.165) is 0 Å². The Morgan fingerprint density at radius 2 is 0.705 bits per heavy atom. The van der Waals surface area contributed by atoms with Crippen LogP contribution in [0, 0.1) is 0 Å². The minimum absolute atomic E-state index is 0.513. The normalized spacial score (nSPS) is 20.5. The van der Waals surface area contributed by atoms with E-state index in [4.69, 9.17) is 23.3 Å². The molecule has 0 amide bonds. The Kier molecular flexibility index (Phi) is 2.18. The maximum atomic E-state index is 9.62. The lowest BCUT2D eigenvalue weighted by molar-refractivity contribution is 1.64. The van der Waals surface area contributed by atoms with Crippen LogP contribution in [0.3, 0.4) is 0 Å². The van der Waals surface area contributed by atoms with E-state index in [1.165, 1.54) is 0 Å². The number of hydrogen-bond acceptors (Lipinski definition) is 0. The third kappa shape index (κ3) is 3.85. The lowest BCUT2D eigenvalue weighted by atomic mass is 9.85. The second kappa shape index (κ2) is 9.93. The molecule has 0 heteroatoms. The van der Waals surface area contributed by atoms with E-state index in [1.54, 1.807) is 0 Å². The molecule has 0 aliphatic carbocycles. The summed E-state index contributed by atoms with van der Waals surface area (Å²) in [5.41, 5.74) is -4.75. The van der Waals surface area contributed by atoms with Crippen molar-refractivity contribution in [2.24, 2.45) is 0 Å². The van der Waals surface area contributed by atoms with Crippen LogP contribution >= 0.6 is 0 Å². The van der Waals surface area contributed by atoms with Crippen LogP contribution in [0.15, 0.2) is 169 Å². The van der Waals surface area contributed by atoms with Crippen molar-refractivity contribution >= 4 is 53.9 Å². The topological polar surface area (TPSA) is 0 Å². The molecule has 9 aromatic carbocycles. The molecular formula is C44H28. The van der Waals surface area contributed by atoms with Crippen LogP contribution in [0.5, 0.6) is 0 Å². The zero-order valence-electron chi connectivity index (χ0n) is 50.0. The molecule has 204 valence electrons. The Bertz CT molecular complexity index is 4010. The van der Waals surface area contributed by atoms with Crippen LogP contribution in [-0.4, -0.2) is 0 Å². The molecule has 9 rings (SSSR count). The molecule has 0 fully saturated rings. The molecule has 0 N–H and O–H groups in total. The lowest BCUT2D eigenvalue weighted by Gasteiger charge is -2.18. The standard InChI is InChI=1S/C44H28/c1-2-12-32-27-34(26-21-29(32)11-1)44-40-19-9-7-17-38(40)43(39-18-8-10-20-41(39)44)31-24-22-30(23-25-31)42-28-33-13-3-4-14-35(33)36-15-5-6-16-37(36)42/h1-28H/i1D,2D,3D,4D,5D,6D,7D,8D,9D,10D,11D,12D,13D,14D,15D,16D,17D,18D,19D,20D,21D,22D,23D,24D,25D,26D,27D,28D.